The van der Waals surface area contributed by atoms with Crippen LogP contribution in [0.15, 0.2) is 11.6 Å². The Hall–Kier alpha value is -0.300. The topological polar surface area (TPSA) is 9.23 Å². The van der Waals surface area contributed by atoms with Crippen LogP contribution in [0, 0.1) is 5.92 Å². The molecule has 0 fully saturated rings. The first-order valence-corrected chi connectivity index (χ1v) is 4.51. The molecule has 0 amide bonds. The van der Waals surface area contributed by atoms with Gasteiger partial charge in [-0.3, -0.25) is 0 Å². The molecule has 1 aliphatic rings. The van der Waals surface area contributed by atoms with E-state index in [1.165, 1.54) is 12.0 Å². The minimum atomic E-state index is 0.477. The molecule has 1 heterocycles. The van der Waals surface area contributed by atoms with Gasteiger partial charge in [0.05, 0.1) is 12.7 Å². The van der Waals surface area contributed by atoms with E-state index in [2.05, 4.69) is 26.8 Å². The van der Waals surface area contributed by atoms with E-state index in [1.807, 2.05) is 0 Å². The molecule has 0 aromatic rings. The van der Waals surface area contributed by atoms with Gasteiger partial charge in [-0.2, -0.15) is 0 Å². The first-order chi connectivity index (χ1) is 5.24. The first kappa shape index (κ1) is 8.79. The lowest BCUT2D eigenvalue weighted by Gasteiger charge is -2.26. The molecular weight excluding hydrogens is 136 g/mol. The van der Waals surface area contributed by atoms with Crippen LogP contribution in [0.5, 0.6) is 0 Å². The van der Waals surface area contributed by atoms with Gasteiger partial charge in [0.25, 0.3) is 0 Å². The molecule has 64 valence electrons. The Labute approximate surface area is 69.4 Å². The van der Waals surface area contributed by atoms with Gasteiger partial charge in [0.2, 0.25) is 0 Å². The van der Waals surface area contributed by atoms with Gasteiger partial charge in [0, 0.05) is 0 Å². The number of hydrogen-bond acceptors (Lipinski definition) is 1. The molecule has 0 aromatic heterocycles. The summed E-state index contributed by atoms with van der Waals surface area (Å²) < 4.78 is 5.62. The van der Waals surface area contributed by atoms with E-state index < -0.39 is 0 Å². The molecule has 0 radical (unpaired) electrons. The maximum Gasteiger partial charge on any atom is 0.0654 e. The molecule has 1 nitrogen and oxygen atoms in total. The van der Waals surface area contributed by atoms with Gasteiger partial charge in [-0.15, -0.1) is 0 Å². The molecule has 1 unspecified atom stereocenters. The standard InChI is InChI=1S/C10H18O/c1-4-9(3)10-7-8(2)5-6-11-10/h5,9-10H,4,6-7H2,1-3H3/t9?,10-/m0/s1. The Bertz CT molecular complexity index is 149. The largest absolute Gasteiger partial charge is 0.374 e. The van der Waals surface area contributed by atoms with Crippen molar-refractivity contribution in [3.63, 3.8) is 0 Å². The van der Waals surface area contributed by atoms with Crippen molar-refractivity contribution in [1.82, 2.24) is 0 Å². The molecule has 0 saturated heterocycles. The lowest BCUT2D eigenvalue weighted by atomic mass is 9.94. The summed E-state index contributed by atoms with van der Waals surface area (Å²) in [6.45, 7) is 7.50. The summed E-state index contributed by atoms with van der Waals surface area (Å²) in [5, 5.41) is 0. The molecule has 0 aliphatic carbocycles. The number of rotatable bonds is 2. The fourth-order valence-corrected chi connectivity index (χ4v) is 1.40. The third-order valence-electron chi connectivity index (χ3n) is 2.54. The first-order valence-electron chi connectivity index (χ1n) is 4.51. The molecule has 1 aliphatic heterocycles. The van der Waals surface area contributed by atoms with Crippen molar-refractivity contribution in [3.8, 4) is 0 Å². The van der Waals surface area contributed by atoms with Crippen LogP contribution < -0.4 is 0 Å². The quantitative estimate of drug-likeness (QED) is 0.556. The molecule has 0 spiro atoms. The molecule has 0 bridgehead atoms. The Morgan fingerprint density at radius 3 is 3.00 bits per heavy atom. The van der Waals surface area contributed by atoms with Crippen molar-refractivity contribution in [2.75, 3.05) is 6.61 Å². The zero-order valence-corrected chi connectivity index (χ0v) is 7.76. The van der Waals surface area contributed by atoms with Gasteiger partial charge < -0.3 is 4.74 Å². The zero-order valence-electron chi connectivity index (χ0n) is 7.76. The average Bonchev–Trinajstić information content (AvgIpc) is 2.03. The molecule has 1 heteroatoms. The smallest absolute Gasteiger partial charge is 0.0654 e. The minimum Gasteiger partial charge on any atom is -0.374 e. The highest BCUT2D eigenvalue weighted by Gasteiger charge is 2.18. The van der Waals surface area contributed by atoms with E-state index in [0.717, 1.165) is 13.0 Å². The van der Waals surface area contributed by atoms with Crippen molar-refractivity contribution in [1.29, 1.82) is 0 Å². The van der Waals surface area contributed by atoms with E-state index in [4.69, 9.17) is 4.74 Å². The van der Waals surface area contributed by atoms with Gasteiger partial charge >= 0.3 is 0 Å². The molecule has 11 heavy (non-hydrogen) atoms. The Morgan fingerprint density at radius 2 is 2.45 bits per heavy atom. The van der Waals surface area contributed by atoms with Crippen LogP contribution in [0.1, 0.15) is 33.6 Å². The van der Waals surface area contributed by atoms with Crippen LogP contribution in [0.3, 0.4) is 0 Å². The monoisotopic (exact) mass is 154 g/mol. The van der Waals surface area contributed by atoms with Crippen LogP contribution in [0.25, 0.3) is 0 Å². The Morgan fingerprint density at radius 1 is 1.73 bits per heavy atom. The Kier molecular flexibility index (Phi) is 3.13. The second-order valence-corrected chi connectivity index (χ2v) is 3.51. The van der Waals surface area contributed by atoms with Crippen LogP contribution in [-0.2, 0) is 4.74 Å². The van der Waals surface area contributed by atoms with Gasteiger partial charge in [0.1, 0.15) is 0 Å². The van der Waals surface area contributed by atoms with Crippen LogP contribution >= 0.6 is 0 Å². The predicted molar refractivity (Wildman–Crippen MR) is 47.6 cm³/mol. The molecule has 2 atom stereocenters. The van der Waals surface area contributed by atoms with Crippen LogP contribution in [0.4, 0.5) is 0 Å². The van der Waals surface area contributed by atoms with Crippen molar-refractivity contribution >= 4 is 0 Å². The van der Waals surface area contributed by atoms with Crippen molar-refractivity contribution in [2.24, 2.45) is 5.92 Å². The number of hydrogen-bond donors (Lipinski definition) is 0. The lowest BCUT2D eigenvalue weighted by Crippen LogP contribution is -2.24. The Balaban J connectivity index is 2.43. The summed E-state index contributed by atoms with van der Waals surface area (Å²) in [7, 11) is 0. The van der Waals surface area contributed by atoms with E-state index in [9.17, 15) is 0 Å². The van der Waals surface area contributed by atoms with E-state index >= 15 is 0 Å². The summed E-state index contributed by atoms with van der Waals surface area (Å²) in [6.07, 6.45) is 5.01. The molecular formula is C10H18O. The average molecular weight is 154 g/mol. The third-order valence-corrected chi connectivity index (χ3v) is 2.54. The summed E-state index contributed by atoms with van der Waals surface area (Å²) in [6, 6.07) is 0. The maximum atomic E-state index is 5.62. The fourth-order valence-electron chi connectivity index (χ4n) is 1.40. The van der Waals surface area contributed by atoms with Crippen molar-refractivity contribution in [3.05, 3.63) is 11.6 Å². The maximum absolute atomic E-state index is 5.62. The highest BCUT2D eigenvalue weighted by atomic mass is 16.5. The second-order valence-electron chi connectivity index (χ2n) is 3.51. The van der Waals surface area contributed by atoms with Crippen molar-refractivity contribution in [2.45, 2.75) is 39.7 Å². The van der Waals surface area contributed by atoms with E-state index in [0.29, 0.717) is 12.0 Å². The third kappa shape index (κ3) is 2.33. The molecule has 0 aromatic carbocycles. The van der Waals surface area contributed by atoms with E-state index in [1.54, 1.807) is 0 Å². The summed E-state index contributed by atoms with van der Waals surface area (Å²) in [4.78, 5) is 0. The summed E-state index contributed by atoms with van der Waals surface area (Å²) in [5.74, 6) is 0.707. The van der Waals surface area contributed by atoms with Crippen molar-refractivity contribution < 1.29 is 4.74 Å². The van der Waals surface area contributed by atoms with Gasteiger partial charge in [-0.05, 0) is 19.3 Å². The zero-order chi connectivity index (χ0) is 8.27. The van der Waals surface area contributed by atoms with Gasteiger partial charge in [0.15, 0.2) is 0 Å². The molecule has 1 rings (SSSR count). The SMILES string of the molecule is CCC(C)[C@@H]1CC(C)=CCO1. The summed E-state index contributed by atoms with van der Waals surface area (Å²) in [5.41, 5.74) is 1.49. The second kappa shape index (κ2) is 3.91. The minimum absolute atomic E-state index is 0.477. The van der Waals surface area contributed by atoms with Crippen LogP contribution in [0.2, 0.25) is 0 Å². The summed E-state index contributed by atoms with van der Waals surface area (Å²) >= 11 is 0. The highest BCUT2D eigenvalue weighted by Crippen LogP contribution is 2.22. The normalized spacial score (nSPS) is 27.9. The molecule has 0 saturated carbocycles. The lowest BCUT2D eigenvalue weighted by molar-refractivity contribution is 0.0250. The highest BCUT2D eigenvalue weighted by molar-refractivity contribution is 5.03. The fraction of sp³-hybridized carbons (Fsp3) is 0.800. The van der Waals surface area contributed by atoms with E-state index in [-0.39, 0.29) is 0 Å². The predicted octanol–water partition coefficient (Wildman–Crippen LogP) is 2.77. The number of ether oxygens (including phenoxy) is 1. The van der Waals surface area contributed by atoms with Crippen LogP contribution in [-0.4, -0.2) is 12.7 Å². The van der Waals surface area contributed by atoms with Gasteiger partial charge in [-0.25, -0.2) is 0 Å². The molecule has 0 N–H and O–H groups in total. The van der Waals surface area contributed by atoms with Gasteiger partial charge in [-0.1, -0.05) is 31.9 Å².